The first-order valence-electron chi connectivity index (χ1n) is 7.34. The number of nitrogens with zero attached hydrogens (tertiary/aromatic N) is 3. The number of aliphatic hydroxyl groups excluding tert-OH is 1. The van der Waals surface area contributed by atoms with Crippen molar-refractivity contribution in [3.05, 3.63) is 11.4 Å². The molecule has 7 heteroatoms. The SMILES string of the molecule is CCOCC(O)Cn1nnc(C(=O)OCC)c1CC(C)C. The number of aliphatic hydroxyl groups is 1. The van der Waals surface area contributed by atoms with E-state index in [1.165, 1.54) is 0 Å². The molecule has 1 heterocycles. The van der Waals surface area contributed by atoms with Crippen LogP contribution in [-0.2, 0) is 22.4 Å². The van der Waals surface area contributed by atoms with Crippen LogP contribution in [-0.4, -0.2) is 52.0 Å². The molecule has 1 atom stereocenters. The second-order valence-electron chi connectivity index (χ2n) is 5.20. The van der Waals surface area contributed by atoms with E-state index in [0.29, 0.717) is 31.2 Å². The van der Waals surface area contributed by atoms with Gasteiger partial charge in [-0.15, -0.1) is 5.10 Å². The molecule has 0 amide bonds. The van der Waals surface area contributed by atoms with E-state index in [1.807, 2.05) is 20.8 Å². The van der Waals surface area contributed by atoms with Gasteiger partial charge in [0.05, 0.1) is 31.6 Å². The van der Waals surface area contributed by atoms with Crippen LogP contribution in [0.15, 0.2) is 0 Å². The predicted molar refractivity (Wildman–Crippen MR) is 77.0 cm³/mol. The molecule has 1 rings (SSSR count). The number of esters is 1. The van der Waals surface area contributed by atoms with Gasteiger partial charge in [0.15, 0.2) is 5.69 Å². The van der Waals surface area contributed by atoms with Gasteiger partial charge in [-0.2, -0.15) is 0 Å². The van der Waals surface area contributed by atoms with E-state index in [0.717, 1.165) is 0 Å². The highest BCUT2D eigenvalue weighted by Gasteiger charge is 2.22. The molecule has 0 aliphatic rings. The van der Waals surface area contributed by atoms with Crippen LogP contribution in [0, 0.1) is 5.92 Å². The Labute approximate surface area is 125 Å². The van der Waals surface area contributed by atoms with Gasteiger partial charge in [-0.05, 0) is 26.2 Å². The van der Waals surface area contributed by atoms with Gasteiger partial charge in [-0.1, -0.05) is 19.1 Å². The first-order chi connectivity index (χ1) is 9.99. The van der Waals surface area contributed by atoms with E-state index in [2.05, 4.69) is 10.3 Å². The van der Waals surface area contributed by atoms with Crippen molar-refractivity contribution in [1.82, 2.24) is 15.0 Å². The fourth-order valence-corrected chi connectivity index (χ4v) is 1.93. The van der Waals surface area contributed by atoms with Gasteiger partial charge in [-0.25, -0.2) is 9.48 Å². The van der Waals surface area contributed by atoms with Gasteiger partial charge in [0.2, 0.25) is 0 Å². The molecule has 0 spiro atoms. The Morgan fingerprint density at radius 3 is 2.62 bits per heavy atom. The van der Waals surface area contributed by atoms with Crippen LogP contribution in [0.25, 0.3) is 0 Å². The van der Waals surface area contributed by atoms with Crippen molar-refractivity contribution in [1.29, 1.82) is 0 Å². The normalized spacial score (nSPS) is 12.7. The Kier molecular flexibility index (Phi) is 7.31. The van der Waals surface area contributed by atoms with E-state index in [4.69, 9.17) is 9.47 Å². The molecular formula is C14H25N3O4. The number of rotatable bonds is 9. The molecule has 1 unspecified atom stereocenters. The van der Waals surface area contributed by atoms with Crippen molar-refractivity contribution in [3.8, 4) is 0 Å². The summed E-state index contributed by atoms with van der Waals surface area (Å²) in [5, 5.41) is 17.8. The van der Waals surface area contributed by atoms with Gasteiger partial charge in [-0.3, -0.25) is 0 Å². The maximum atomic E-state index is 11.9. The smallest absolute Gasteiger partial charge is 0.360 e. The summed E-state index contributed by atoms with van der Waals surface area (Å²) in [6.07, 6.45) is -0.0460. The van der Waals surface area contributed by atoms with Crippen LogP contribution in [0.3, 0.4) is 0 Å². The summed E-state index contributed by atoms with van der Waals surface area (Å²) in [4.78, 5) is 11.9. The molecule has 0 aliphatic carbocycles. The van der Waals surface area contributed by atoms with Gasteiger partial charge in [0.1, 0.15) is 0 Å². The van der Waals surface area contributed by atoms with Gasteiger partial charge in [0, 0.05) is 6.61 Å². The number of aromatic nitrogens is 3. The van der Waals surface area contributed by atoms with Crippen molar-refractivity contribution in [2.45, 2.75) is 46.8 Å². The molecule has 0 aliphatic heterocycles. The van der Waals surface area contributed by atoms with E-state index < -0.39 is 12.1 Å². The van der Waals surface area contributed by atoms with E-state index >= 15 is 0 Å². The summed E-state index contributed by atoms with van der Waals surface area (Å²) in [6, 6.07) is 0. The molecule has 1 aromatic heterocycles. The Morgan fingerprint density at radius 1 is 1.33 bits per heavy atom. The lowest BCUT2D eigenvalue weighted by molar-refractivity contribution is 0.0308. The molecule has 120 valence electrons. The summed E-state index contributed by atoms with van der Waals surface area (Å²) < 4.78 is 11.7. The average Bonchev–Trinajstić information content (AvgIpc) is 2.79. The van der Waals surface area contributed by atoms with Crippen molar-refractivity contribution < 1.29 is 19.4 Å². The molecule has 0 fully saturated rings. The largest absolute Gasteiger partial charge is 0.461 e. The second kappa shape index (κ2) is 8.74. The molecule has 7 nitrogen and oxygen atoms in total. The Hall–Kier alpha value is -1.47. The first kappa shape index (κ1) is 17.6. The first-order valence-corrected chi connectivity index (χ1v) is 7.34. The number of carbonyl (C=O) groups is 1. The highest BCUT2D eigenvalue weighted by Crippen LogP contribution is 2.14. The lowest BCUT2D eigenvalue weighted by atomic mass is 10.1. The standard InChI is InChI=1S/C14H25N3O4/c1-5-20-9-11(18)8-17-12(7-10(3)4)13(15-16-17)14(19)21-6-2/h10-11,18H,5-9H2,1-4H3. The highest BCUT2D eigenvalue weighted by molar-refractivity contribution is 5.88. The van der Waals surface area contributed by atoms with Gasteiger partial charge < -0.3 is 14.6 Å². The minimum Gasteiger partial charge on any atom is -0.461 e. The zero-order chi connectivity index (χ0) is 15.8. The zero-order valence-electron chi connectivity index (χ0n) is 13.2. The topological polar surface area (TPSA) is 86.5 Å². The minimum atomic E-state index is -0.687. The third-order valence-electron chi connectivity index (χ3n) is 2.81. The number of hydrogen-bond acceptors (Lipinski definition) is 6. The molecule has 0 saturated heterocycles. The van der Waals surface area contributed by atoms with Crippen LogP contribution in [0.5, 0.6) is 0 Å². The van der Waals surface area contributed by atoms with Crippen LogP contribution in [0.4, 0.5) is 0 Å². The molecule has 0 bridgehead atoms. The van der Waals surface area contributed by atoms with Crippen molar-refractivity contribution in [3.63, 3.8) is 0 Å². The van der Waals surface area contributed by atoms with Crippen LogP contribution in [0.1, 0.15) is 43.9 Å². The average molecular weight is 299 g/mol. The summed E-state index contributed by atoms with van der Waals surface area (Å²) in [7, 11) is 0. The molecule has 0 saturated carbocycles. The molecular weight excluding hydrogens is 274 g/mol. The van der Waals surface area contributed by atoms with Crippen LogP contribution >= 0.6 is 0 Å². The Balaban J connectivity index is 2.89. The summed E-state index contributed by atoms with van der Waals surface area (Å²) >= 11 is 0. The Bertz CT molecular complexity index is 445. The maximum Gasteiger partial charge on any atom is 0.360 e. The second-order valence-corrected chi connectivity index (χ2v) is 5.20. The van der Waals surface area contributed by atoms with Crippen molar-refractivity contribution in [2.24, 2.45) is 5.92 Å². The number of carbonyl (C=O) groups excluding carboxylic acids is 1. The molecule has 0 radical (unpaired) electrons. The van der Waals surface area contributed by atoms with Crippen LogP contribution < -0.4 is 0 Å². The summed E-state index contributed by atoms with van der Waals surface area (Å²) in [6.45, 7) is 9.01. The zero-order valence-corrected chi connectivity index (χ0v) is 13.2. The molecule has 21 heavy (non-hydrogen) atoms. The summed E-state index contributed by atoms with van der Waals surface area (Å²) in [5.41, 5.74) is 0.924. The fourth-order valence-electron chi connectivity index (χ4n) is 1.93. The molecule has 1 N–H and O–H groups in total. The van der Waals surface area contributed by atoms with E-state index in [1.54, 1.807) is 11.6 Å². The Morgan fingerprint density at radius 2 is 2.05 bits per heavy atom. The third kappa shape index (κ3) is 5.43. The van der Waals surface area contributed by atoms with Crippen molar-refractivity contribution >= 4 is 5.97 Å². The lowest BCUT2D eigenvalue weighted by Crippen LogP contribution is -2.24. The number of hydrogen-bond donors (Lipinski definition) is 1. The van der Waals surface area contributed by atoms with Crippen LogP contribution in [0.2, 0.25) is 0 Å². The third-order valence-corrected chi connectivity index (χ3v) is 2.81. The van der Waals surface area contributed by atoms with Gasteiger partial charge >= 0.3 is 5.97 Å². The number of ether oxygens (including phenoxy) is 2. The van der Waals surface area contributed by atoms with Crippen molar-refractivity contribution in [2.75, 3.05) is 19.8 Å². The van der Waals surface area contributed by atoms with Gasteiger partial charge in [0.25, 0.3) is 0 Å². The lowest BCUT2D eigenvalue weighted by Gasteiger charge is -2.13. The monoisotopic (exact) mass is 299 g/mol. The quantitative estimate of drug-likeness (QED) is 0.686. The highest BCUT2D eigenvalue weighted by atomic mass is 16.5. The summed E-state index contributed by atoms with van der Waals surface area (Å²) in [5.74, 6) is -0.141. The van der Waals surface area contributed by atoms with E-state index in [-0.39, 0.29) is 18.8 Å². The fraction of sp³-hybridized carbons (Fsp3) is 0.786. The predicted octanol–water partition coefficient (Wildman–Crippen LogP) is 1.05. The molecule has 1 aromatic rings. The van der Waals surface area contributed by atoms with E-state index in [9.17, 15) is 9.90 Å². The minimum absolute atomic E-state index is 0.228. The maximum absolute atomic E-state index is 11.9. The molecule has 0 aromatic carbocycles.